The number of anilines is 1. The van der Waals surface area contributed by atoms with Gasteiger partial charge in [-0.05, 0) is 25.7 Å². The van der Waals surface area contributed by atoms with Gasteiger partial charge in [0.25, 0.3) is 5.88 Å². The van der Waals surface area contributed by atoms with E-state index in [9.17, 15) is 0 Å². The molecule has 1 aromatic heterocycles. The molecule has 0 unspecified atom stereocenters. The van der Waals surface area contributed by atoms with E-state index in [2.05, 4.69) is 10.00 Å². The van der Waals surface area contributed by atoms with Gasteiger partial charge in [-0.1, -0.05) is 0 Å². The van der Waals surface area contributed by atoms with Gasteiger partial charge in [0.2, 0.25) is 0 Å². The monoisotopic (exact) mass is 368 g/mol. The lowest BCUT2D eigenvalue weighted by molar-refractivity contribution is 0.00501. The summed E-state index contributed by atoms with van der Waals surface area (Å²) >= 11 is 0. The first kappa shape index (κ1) is 19.4. The van der Waals surface area contributed by atoms with Crippen LogP contribution in [0.25, 0.3) is 0 Å². The summed E-state index contributed by atoms with van der Waals surface area (Å²) < 4.78 is 23.4. The Morgan fingerprint density at radius 1 is 1.08 bits per heavy atom. The highest BCUT2D eigenvalue weighted by Crippen LogP contribution is 2.33. The van der Waals surface area contributed by atoms with Crippen LogP contribution in [0.15, 0.2) is 6.20 Å². The number of hydrogen-bond acceptors (Lipinski definition) is 7. The van der Waals surface area contributed by atoms with E-state index >= 15 is 0 Å². The van der Waals surface area contributed by atoms with Crippen molar-refractivity contribution in [2.45, 2.75) is 37.8 Å². The molecule has 1 aliphatic heterocycles. The molecule has 0 radical (unpaired) electrons. The predicted molar refractivity (Wildman–Crippen MR) is 98.5 cm³/mol. The summed E-state index contributed by atoms with van der Waals surface area (Å²) in [5.41, 5.74) is 6.66. The molecule has 0 bridgehead atoms. The van der Waals surface area contributed by atoms with Gasteiger partial charge in [0.05, 0.1) is 45.3 Å². The molecule has 2 aliphatic rings. The van der Waals surface area contributed by atoms with E-state index in [0.717, 1.165) is 39.1 Å². The van der Waals surface area contributed by atoms with Crippen molar-refractivity contribution < 1.29 is 18.9 Å². The minimum absolute atomic E-state index is 0.407. The van der Waals surface area contributed by atoms with Crippen molar-refractivity contribution in [1.82, 2.24) is 14.7 Å². The number of nitrogen functional groups attached to an aromatic ring is 1. The Morgan fingerprint density at radius 2 is 1.77 bits per heavy atom. The highest BCUT2D eigenvalue weighted by atomic mass is 16.5. The van der Waals surface area contributed by atoms with Crippen LogP contribution in [0.5, 0.6) is 5.88 Å². The van der Waals surface area contributed by atoms with E-state index in [1.54, 1.807) is 7.11 Å². The minimum atomic E-state index is 0.407. The number of methoxy groups -OCH3 is 1. The van der Waals surface area contributed by atoms with Gasteiger partial charge in [-0.2, -0.15) is 0 Å². The fourth-order valence-electron chi connectivity index (χ4n) is 3.76. The zero-order valence-electron chi connectivity index (χ0n) is 15.8. The Kier molecular flexibility index (Phi) is 7.55. The zero-order valence-corrected chi connectivity index (χ0v) is 15.8. The van der Waals surface area contributed by atoms with Crippen molar-refractivity contribution in [3.63, 3.8) is 0 Å². The first-order valence-electron chi connectivity index (χ1n) is 9.64. The smallest absolute Gasteiger partial charge is 0.256 e. The minimum Gasteiger partial charge on any atom is -0.473 e. The van der Waals surface area contributed by atoms with Gasteiger partial charge < -0.3 is 24.7 Å². The lowest BCUT2D eigenvalue weighted by Crippen LogP contribution is -2.45. The van der Waals surface area contributed by atoms with Crippen LogP contribution in [0.2, 0.25) is 0 Å². The van der Waals surface area contributed by atoms with E-state index in [1.165, 1.54) is 12.8 Å². The summed E-state index contributed by atoms with van der Waals surface area (Å²) in [6.45, 7) is 5.95. The summed E-state index contributed by atoms with van der Waals surface area (Å²) in [5, 5.41) is 4.56. The topological polar surface area (TPSA) is 84.0 Å². The second-order valence-corrected chi connectivity index (χ2v) is 6.93. The third-order valence-corrected chi connectivity index (χ3v) is 5.23. The highest BCUT2D eigenvalue weighted by Gasteiger charge is 2.28. The Balaban J connectivity index is 1.42. The van der Waals surface area contributed by atoms with E-state index < -0.39 is 0 Å². The molecule has 2 fully saturated rings. The summed E-state index contributed by atoms with van der Waals surface area (Å²) in [5.74, 6) is 0.510. The molecular formula is C18H32N4O4. The maximum atomic E-state index is 6.06. The van der Waals surface area contributed by atoms with Crippen LogP contribution in [-0.2, 0) is 14.2 Å². The van der Waals surface area contributed by atoms with Crippen molar-refractivity contribution in [3.8, 4) is 5.88 Å². The molecule has 1 saturated heterocycles. The van der Waals surface area contributed by atoms with Crippen LogP contribution < -0.4 is 10.5 Å². The first-order chi connectivity index (χ1) is 12.8. The van der Waals surface area contributed by atoms with Gasteiger partial charge in [0.1, 0.15) is 12.3 Å². The van der Waals surface area contributed by atoms with Crippen LogP contribution in [-0.4, -0.2) is 80.6 Å². The number of nitrogens with zero attached hydrogens (tertiary/aromatic N) is 3. The fourth-order valence-corrected chi connectivity index (χ4v) is 3.76. The largest absolute Gasteiger partial charge is 0.473 e. The second kappa shape index (κ2) is 10.1. The second-order valence-electron chi connectivity index (χ2n) is 6.93. The SMILES string of the molecule is COCCOCCOc1nn(C2CCC(N3CCOCC3)CC2)cc1N. The Labute approximate surface area is 155 Å². The molecule has 8 heteroatoms. The fraction of sp³-hybridized carbons (Fsp3) is 0.833. The Hall–Kier alpha value is -1.35. The molecular weight excluding hydrogens is 336 g/mol. The van der Waals surface area contributed by atoms with Crippen molar-refractivity contribution in [1.29, 1.82) is 0 Å². The molecule has 148 valence electrons. The average Bonchev–Trinajstić information content (AvgIpc) is 3.06. The highest BCUT2D eigenvalue weighted by molar-refractivity contribution is 5.46. The van der Waals surface area contributed by atoms with Gasteiger partial charge in [0.15, 0.2) is 0 Å². The van der Waals surface area contributed by atoms with Gasteiger partial charge in [-0.15, -0.1) is 5.10 Å². The van der Waals surface area contributed by atoms with Crippen molar-refractivity contribution >= 4 is 5.69 Å². The summed E-state index contributed by atoms with van der Waals surface area (Å²) in [6.07, 6.45) is 6.56. The van der Waals surface area contributed by atoms with E-state index in [4.69, 9.17) is 24.7 Å². The summed E-state index contributed by atoms with van der Waals surface area (Å²) in [6, 6.07) is 1.09. The Morgan fingerprint density at radius 3 is 2.50 bits per heavy atom. The van der Waals surface area contributed by atoms with Gasteiger partial charge >= 0.3 is 0 Å². The molecule has 2 N–H and O–H groups in total. The lowest BCUT2D eigenvalue weighted by Gasteiger charge is -2.38. The average molecular weight is 368 g/mol. The van der Waals surface area contributed by atoms with Crippen molar-refractivity contribution in [2.24, 2.45) is 0 Å². The third kappa shape index (κ3) is 5.33. The molecule has 1 aliphatic carbocycles. The molecule has 0 amide bonds. The predicted octanol–water partition coefficient (Wildman–Crippen LogP) is 1.32. The van der Waals surface area contributed by atoms with Crippen LogP contribution in [0, 0.1) is 0 Å². The number of rotatable bonds is 9. The number of nitrogens with two attached hydrogens (primary N) is 1. The number of ether oxygens (including phenoxy) is 4. The van der Waals surface area contributed by atoms with Gasteiger partial charge in [-0.3, -0.25) is 9.58 Å². The molecule has 0 spiro atoms. The maximum absolute atomic E-state index is 6.06. The third-order valence-electron chi connectivity index (χ3n) is 5.23. The molecule has 1 saturated carbocycles. The number of aromatic nitrogens is 2. The summed E-state index contributed by atoms with van der Waals surface area (Å²) in [7, 11) is 1.65. The maximum Gasteiger partial charge on any atom is 0.256 e. The molecule has 8 nitrogen and oxygen atoms in total. The van der Waals surface area contributed by atoms with Crippen LogP contribution in [0.3, 0.4) is 0 Å². The van der Waals surface area contributed by atoms with Crippen LogP contribution in [0.1, 0.15) is 31.7 Å². The lowest BCUT2D eigenvalue weighted by atomic mass is 9.90. The summed E-state index contributed by atoms with van der Waals surface area (Å²) in [4.78, 5) is 2.58. The Bertz CT molecular complexity index is 525. The van der Waals surface area contributed by atoms with Gasteiger partial charge in [0, 0.05) is 26.2 Å². The molecule has 2 heterocycles. The van der Waals surface area contributed by atoms with Gasteiger partial charge in [-0.25, -0.2) is 0 Å². The number of morpholine rings is 1. The molecule has 0 aromatic carbocycles. The van der Waals surface area contributed by atoms with E-state index in [-0.39, 0.29) is 0 Å². The van der Waals surface area contributed by atoms with E-state index in [0.29, 0.717) is 50.1 Å². The molecule has 0 atom stereocenters. The number of hydrogen-bond donors (Lipinski definition) is 1. The normalized spacial score (nSPS) is 24.7. The van der Waals surface area contributed by atoms with E-state index in [1.807, 2.05) is 10.9 Å². The molecule has 3 rings (SSSR count). The first-order valence-corrected chi connectivity index (χ1v) is 9.64. The zero-order chi connectivity index (χ0) is 18.2. The van der Waals surface area contributed by atoms with Crippen molar-refractivity contribution in [2.75, 3.05) is 65.6 Å². The standard InChI is InChI=1S/C18H32N4O4/c1-23-10-11-25-12-13-26-18-17(19)14-22(20-18)16-4-2-15(3-5-16)21-6-8-24-9-7-21/h14-16H,2-13,19H2,1H3. The van der Waals surface area contributed by atoms with Crippen LogP contribution in [0.4, 0.5) is 5.69 Å². The van der Waals surface area contributed by atoms with Crippen molar-refractivity contribution in [3.05, 3.63) is 6.20 Å². The molecule has 26 heavy (non-hydrogen) atoms. The molecule has 1 aromatic rings. The van der Waals surface area contributed by atoms with Crippen LogP contribution >= 0.6 is 0 Å². The quantitative estimate of drug-likeness (QED) is 0.658.